The number of para-hydroxylation sites is 1. The molecule has 0 spiro atoms. The summed E-state index contributed by atoms with van der Waals surface area (Å²) in [6.07, 6.45) is 0. The number of benzene rings is 4. The van der Waals surface area contributed by atoms with E-state index in [1.807, 2.05) is 42.5 Å². The molecule has 0 atom stereocenters. The van der Waals surface area contributed by atoms with E-state index in [0.717, 1.165) is 11.3 Å². The summed E-state index contributed by atoms with van der Waals surface area (Å²) in [6, 6.07) is 27.7. The molecule has 190 valence electrons. The number of hydrogen-bond donors (Lipinski definition) is 1. The van der Waals surface area contributed by atoms with Gasteiger partial charge >= 0.3 is 0 Å². The van der Waals surface area contributed by atoms with Gasteiger partial charge in [-0.2, -0.15) is 0 Å². The summed E-state index contributed by atoms with van der Waals surface area (Å²) in [6.45, 7) is 6.76. The van der Waals surface area contributed by atoms with Crippen molar-refractivity contribution in [3.8, 4) is 23.0 Å². The van der Waals surface area contributed by atoms with E-state index in [1.54, 1.807) is 43.5 Å². The van der Waals surface area contributed by atoms with E-state index in [4.69, 9.17) is 25.8 Å². The fourth-order valence-electron chi connectivity index (χ4n) is 3.74. The fourth-order valence-corrected chi connectivity index (χ4v) is 3.92. The molecule has 0 aliphatic heterocycles. The molecular formula is C31H30ClNO4. The van der Waals surface area contributed by atoms with E-state index in [2.05, 4.69) is 38.2 Å². The Morgan fingerprint density at radius 2 is 1.54 bits per heavy atom. The van der Waals surface area contributed by atoms with Crippen molar-refractivity contribution in [3.63, 3.8) is 0 Å². The van der Waals surface area contributed by atoms with Gasteiger partial charge in [-0.15, -0.1) is 0 Å². The third-order valence-electron chi connectivity index (χ3n) is 5.82. The predicted octanol–water partition coefficient (Wildman–Crippen LogP) is 8.27. The van der Waals surface area contributed by atoms with Gasteiger partial charge in [0.25, 0.3) is 5.91 Å². The SMILES string of the molecule is COc1ccc(C(=O)Nc2cc(Cl)ccc2Oc2ccccc2)cc1COc1ccc(C(C)(C)C)cc1. The number of hydrogen-bond acceptors (Lipinski definition) is 4. The molecule has 5 nitrogen and oxygen atoms in total. The Morgan fingerprint density at radius 3 is 2.22 bits per heavy atom. The van der Waals surface area contributed by atoms with Crippen molar-refractivity contribution >= 4 is 23.2 Å². The first-order valence-electron chi connectivity index (χ1n) is 12.0. The predicted molar refractivity (Wildman–Crippen MR) is 148 cm³/mol. The molecule has 1 N–H and O–H groups in total. The van der Waals surface area contributed by atoms with E-state index in [1.165, 1.54) is 5.56 Å². The lowest BCUT2D eigenvalue weighted by molar-refractivity contribution is 0.102. The molecule has 1 amide bonds. The zero-order chi connectivity index (χ0) is 26.4. The highest BCUT2D eigenvalue weighted by molar-refractivity contribution is 6.31. The maximum atomic E-state index is 13.2. The van der Waals surface area contributed by atoms with Crippen LogP contribution in [0.2, 0.25) is 5.02 Å². The highest BCUT2D eigenvalue weighted by Gasteiger charge is 2.16. The van der Waals surface area contributed by atoms with Crippen molar-refractivity contribution in [2.24, 2.45) is 0 Å². The van der Waals surface area contributed by atoms with Crippen molar-refractivity contribution in [2.45, 2.75) is 32.8 Å². The summed E-state index contributed by atoms with van der Waals surface area (Å²) in [5.41, 5.74) is 2.97. The van der Waals surface area contributed by atoms with Gasteiger partial charge in [-0.3, -0.25) is 4.79 Å². The summed E-state index contributed by atoms with van der Waals surface area (Å²) in [4.78, 5) is 13.2. The number of rotatable bonds is 8. The van der Waals surface area contributed by atoms with E-state index in [-0.39, 0.29) is 17.9 Å². The van der Waals surface area contributed by atoms with Gasteiger partial charge in [0.1, 0.15) is 23.9 Å². The number of carbonyl (C=O) groups is 1. The van der Waals surface area contributed by atoms with Crippen LogP contribution in [0.1, 0.15) is 42.3 Å². The second kappa shape index (κ2) is 11.4. The van der Waals surface area contributed by atoms with Crippen LogP contribution < -0.4 is 19.5 Å². The average molecular weight is 516 g/mol. The van der Waals surface area contributed by atoms with Crippen LogP contribution in [0.5, 0.6) is 23.0 Å². The van der Waals surface area contributed by atoms with Crippen molar-refractivity contribution < 1.29 is 19.0 Å². The molecule has 0 aromatic heterocycles. The van der Waals surface area contributed by atoms with Crippen LogP contribution in [0.4, 0.5) is 5.69 Å². The maximum Gasteiger partial charge on any atom is 0.255 e. The van der Waals surface area contributed by atoms with Gasteiger partial charge < -0.3 is 19.5 Å². The Bertz CT molecular complexity index is 1360. The highest BCUT2D eigenvalue weighted by atomic mass is 35.5. The smallest absolute Gasteiger partial charge is 0.255 e. The van der Waals surface area contributed by atoms with Crippen LogP contribution in [0.3, 0.4) is 0 Å². The largest absolute Gasteiger partial charge is 0.496 e. The number of nitrogens with one attached hydrogen (secondary N) is 1. The van der Waals surface area contributed by atoms with Crippen molar-refractivity contribution in [1.29, 1.82) is 0 Å². The first-order valence-corrected chi connectivity index (χ1v) is 12.3. The zero-order valence-corrected chi connectivity index (χ0v) is 22.1. The minimum Gasteiger partial charge on any atom is -0.496 e. The summed E-state index contributed by atoms with van der Waals surface area (Å²) < 4.78 is 17.5. The quantitative estimate of drug-likeness (QED) is 0.256. The molecule has 4 rings (SSSR count). The molecule has 0 fully saturated rings. The van der Waals surface area contributed by atoms with Crippen LogP contribution in [-0.2, 0) is 12.0 Å². The van der Waals surface area contributed by atoms with Gasteiger partial charge in [0, 0.05) is 16.1 Å². The molecule has 0 heterocycles. The number of halogens is 1. The summed E-state index contributed by atoms with van der Waals surface area (Å²) in [5.74, 6) is 2.21. The molecule has 0 aliphatic carbocycles. The van der Waals surface area contributed by atoms with Crippen molar-refractivity contribution in [3.05, 3.63) is 113 Å². The van der Waals surface area contributed by atoms with Crippen molar-refractivity contribution in [2.75, 3.05) is 12.4 Å². The molecule has 4 aromatic carbocycles. The van der Waals surface area contributed by atoms with Gasteiger partial charge in [-0.25, -0.2) is 0 Å². The molecule has 37 heavy (non-hydrogen) atoms. The lowest BCUT2D eigenvalue weighted by atomic mass is 9.87. The van der Waals surface area contributed by atoms with Gasteiger partial charge in [0.05, 0.1) is 12.8 Å². The van der Waals surface area contributed by atoms with Gasteiger partial charge in [0.2, 0.25) is 0 Å². The normalized spacial score (nSPS) is 11.1. The number of ether oxygens (including phenoxy) is 3. The number of amides is 1. The molecule has 0 unspecified atom stereocenters. The van der Waals surface area contributed by atoms with Gasteiger partial charge in [-0.1, -0.05) is 62.7 Å². The molecule has 0 bridgehead atoms. The fraction of sp³-hybridized carbons (Fsp3) is 0.194. The van der Waals surface area contributed by atoms with Gasteiger partial charge in [-0.05, 0) is 71.6 Å². The van der Waals surface area contributed by atoms with Gasteiger partial charge in [0.15, 0.2) is 5.75 Å². The monoisotopic (exact) mass is 515 g/mol. The summed E-state index contributed by atoms with van der Waals surface area (Å²) >= 11 is 6.21. The first kappa shape index (κ1) is 26.1. The van der Waals surface area contributed by atoms with Crippen LogP contribution in [0, 0.1) is 0 Å². The molecule has 0 aliphatic rings. The molecule has 6 heteroatoms. The second-order valence-electron chi connectivity index (χ2n) is 9.60. The Morgan fingerprint density at radius 1 is 0.838 bits per heavy atom. The van der Waals surface area contributed by atoms with Crippen molar-refractivity contribution in [1.82, 2.24) is 0 Å². The van der Waals surface area contributed by atoms with E-state index in [9.17, 15) is 4.79 Å². The Labute approximate surface area is 223 Å². The Kier molecular flexibility index (Phi) is 8.04. The maximum absolute atomic E-state index is 13.2. The number of methoxy groups -OCH3 is 1. The standard InChI is InChI=1S/C31H30ClNO4/c1-31(2,3)23-11-14-25(15-12-23)36-20-22-18-21(10-16-28(22)35-4)30(34)33-27-19-24(32)13-17-29(27)37-26-8-6-5-7-9-26/h5-19H,20H2,1-4H3,(H,33,34). The molecule has 0 saturated carbocycles. The minimum absolute atomic E-state index is 0.0679. The lowest BCUT2D eigenvalue weighted by Gasteiger charge is -2.19. The van der Waals surface area contributed by atoms with Crippen LogP contribution in [-0.4, -0.2) is 13.0 Å². The second-order valence-corrected chi connectivity index (χ2v) is 10.0. The lowest BCUT2D eigenvalue weighted by Crippen LogP contribution is -2.13. The molecule has 4 aromatic rings. The van der Waals surface area contributed by atoms with Crippen LogP contribution >= 0.6 is 11.6 Å². The first-order chi connectivity index (χ1) is 17.7. The highest BCUT2D eigenvalue weighted by Crippen LogP contribution is 2.33. The summed E-state index contributed by atoms with van der Waals surface area (Å²) in [7, 11) is 1.59. The molecular weight excluding hydrogens is 486 g/mol. The van der Waals surface area contributed by atoms with Crippen LogP contribution in [0.15, 0.2) is 91.0 Å². The van der Waals surface area contributed by atoms with E-state index >= 15 is 0 Å². The van der Waals surface area contributed by atoms with Crippen LogP contribution in [0.25, 0.3) is 0 Å². The average Bonchev–Trinajstić information content (AvgIpc) is 2.89. The molecule has 0 radical (unpaired) electrons. The Balaban J connectivity index is 1.51. The zero-order valence-electron chi connectivity index (χ0n) is 21.4. The van der Waals surface area contributed by atoms with E-state index < -0.39 is 0 Å². The molecule has 0 saturated heterocycles. The number of carbonyl (C=O) groups excluding carboxylic acids is 1. The Hall–Kier alpha value is -3.96. The van der Waals surface area contributed by atoms with E-state index in [0.29, 0.717) is 33.5 Å². The number of anilines is 1. The third-order valence-corrected chi connectivity index (χ3v) is 6.05. The third kappa shape index (κ3) is 6.83. The topological polar surface area (TPSA) is 56.8 Å². The summed E-state index contributed by atoms with van der Waals surface area (Å²) in [5, 5.41) is 3.40. The minimum atomic E-state index is -0.307.